The van der Waals surface area contributed by atoms with Crippen LogP contribution in [0.5, 0.6) is 0 Å². The molecular weight excluding hydrogens is 352 g/mol. The topological polar surface area (TPSA) is 66.5 Å². The Morgan fingerprint density at radius 3 is 2.50 bits per heavy atom. The number of hydrogen-bond donors (Lipinski definition) is 2. The molecule has 1 aromatic heterocycles. The van der Waals surface area contributed by atoms with E-state index in [0.29, 0.717) is 5.69 Å². The number of piperidine rings is 1. The van der Waals surface area contributed by atoms with Crippen LogP contribution in [-0.4, -0.2) is 43.2 Å². The number of pyridine rings is 1. The Bertz CT molecular complexity index is 764. The summed E-state index contributed by atoms with van der Waals surface area (Å²) in [6.07, 6.45) is 8.02. The lowest BCUT2D eigenvalue weighted by molar-refractivity contribution is 0.102. The molecule has 0 bridgehead atoms. The van der Waals surface area contributed by atoms with Gasteiger partial charge in [-0.15, -0.1) is 0 Å². The van der Waals surface area contributed by atoms with Crippen molar-refractivity contribution in [2.45, 2.75) is 38.2 Å². The van der Waals surface area contributed by atoms with Crippen molar-refractivity contribution in [3.8, 4) is 0 Å². The highest BCUT2D eigenvalue weighted by atomic mass is 16.5. The average molecular weight is 380 g/mol. The van der Waals surface area contributed by atoms with E-state index in [0.717, 1.165) is 50.5 Å². The van der Waals surface area contributed by atoms with Crippen molar-refractivity contribution in [3.63, 3.8) is 0 Å². The van der Waals surface area contributed by atoms with Gasteiger partial charge < -0.3 is 20.3 Å². The van der Waals surface area contributed by atoms with Gasteiger partial charge >= 0.3 is 0 Å². The molecule has 2 fully saturated rings. The molecule has 2 saturated heterocycles. The molecule has 0 spiro atoms. The molecule has 2 N–H and O–H groups in total. The lowest BCUT2D eigenvalue weighted by Crippen LogP contribution is -2.29. The van der Waals surface area contributed by atoms with Crippen molar-refractivity contribution in [3.05, 3.63) is 48.3 Å². The van der Waals surface area contributed by atoms with Crippen LogP contribution in [0.3, 0.4) is 0 Å². The van der Waals surface area contributed by atoms with Crippen LogP contribution in [0.1, 0.15) is 42.6 Å². The van der Waals surface area contributed by atoms with E-state index >= 15 is 0 Å². The summed E-state index contributed by atoms with van der Waals surface area (Å²) in [5, 5.41) is 6.24. The van der Waals surface area contributed by atoms with Crippen molar-refractivity contribution < 1.29 is 9.53 Å². The summed E-state index contributed by atoms with van der Waals surface area (Å²) in [4.78, 5) is 19.1. The summed E-state index contributed by atoms with van der Waals surface area (Å²) < 4.78 is 5.60. The number of carbonyl (C=O) groups is 1. The molecule has 1 aromatic carbocycles. The molecule has 0 aliphatic carbocycles. The van der Waals surface area contributed by atoms with Crippen LogP contribution < -0.4 is 15.5 Å². The fourth-order valence-corrected chi connectivity index (χ4v) is 3.77. The van der Waals surface area contributed by atoms with E-state index in [1.807, 2.05) is 18.2 Å². The zero-order chi connectivity index (χ0) is 19.2. The molecule has 3 heterocycles. The Labute approximate surface area is 166 Å². The summed E-state index contributed by atoms with van der Waals surface area (Å²) in [6, 6.07) is 11.7. The third kappa shape index (κ3) is 4.81. The van der Waals surface area contributed by atoms with Gasteiger partial charge in [-0.3, -0.25) is 4.79 Å². The fourth-order valence-electron chi connectivity index (χ4n) is 3.77. The van der Waals surface area contributed by atoms with Gasteiger partial charge in [0.15, 0.2) is 0 Å². The SMILES string of the molecule is O=C(Nc1ccc(N2CCCCC2)cc1)c1ccc(NCC2CCCO2)cn1. The first-order chi connectivity index (χ1) is 13.8. The minimum atomic E-state index is -0.198. The lowest BCUT2D eigenvalue weighted by Gasteiger charge is -2.28. The van der Waals surface area contributed by atoms with Crippen LogP contribution in [0.4, 0.5) is 17.1 Å². The molecule has 2 aliphatic heterocycles. The van der Waals surface area contributed by atoms with E-state index in [2.05, 4.69) is 32.7 Å². The van der Waals surface area contributed by atoms with E-state index in [-0.39, 0.29) is 12.0 Å². The maximum atomic E-state index is 12.5. The minimum absolute atomic E-state index is 0.198. The van der Waals surface area contributed by atoms with Gasteiger partial charge in [0, 0.05) is 37.6 Å². The smallest absolute Gasteiger partial charge is 0.274 e. The molecule has 28 heavy (non-hydrogen) atoms. The zero-order valence-electron chi connectivity index (χ0n) is 16.2. The standard InChI is InChI=1S/C22H28N4O2/c27-22(21-11-8-18(15-24-21)23-16-20-5-4-14-28-20)25-17-6-9-19(10-7-17)26-12-2-1-3-13-26/h6-11,15,20,23H,1-5,12-14,16H2,(H,25,27). The number of aromatic nitrogens is 1. The van der Waals surface area contributed by atoms with Crippen LogP contribution in [0, 0.1) is 0 Å². The number of nitrogens with one attached hydrogen (secondary N) is 2. The highest BCUT2D eigenvalue weighted by Gasteiger charge is 2.15. The van der Waals surface area contributed by atoms with Crippen molar-refractivity contribution in [1.29, 1.82) is 0 Å². The molecule has 0 saturated carbocycles. The van der Waals surface area contributed by atoms with Gasteiger partial charge in [0.2, 0.25) is 0 Å². The summed E-state index contributed by atoms with van der Waals surface area (Å²) in [6.45, 7) is 3.85. The Morgan fingerprint density at radius 2 is 1.82 bits per heavy atom. The van der Waals surface area contributed by atoms with Gasteiger partial charge in [-0.25, -0.2) is 4.98 Å². The van der Waals surface area contributed by atoms with E-state index in [1.165, 1.54) is 24.9 Å². The van der Waals surface area contributed by atoms with Crippen LogP contribution in [-0.2, 0) is 4.74 Å². The maximum absolute atomic E-state index is 12.5. The number of rotatable bonds is 6. The number of ether oxygens (including phenoxy) is 1. The maximum Gasteiger partial charge on any atom is 0.274 e. The molecule has 148 valence electrons. The van der Waals surface area contributed by atoms with E-state index in [4.69, 9.17) is 4.74 Å². The molecule has 2 aliphatic rings. The van der Waals surface area contributed by atoms with E-state index in [1.54, 1.807) is 12.3 Å². The predicted octanol–water partition coefficient (Wildman–Crippen LogP) is 3.92. The highest BCUT2D eigenvalue weighted by molar-refractivity contribution is 6.03. The number of anilines is 3. The molecule has 0 radical (unpaired) electrons. The van der Waals surface area contributed by atoms with Gasteiger partial charge in [0.1, 0.15) is 5.69 Å². The van der Waals surface area contributed by atoms with Gasteiger partial charge in [-0.1, -0.05) is 0 Å². The quantitative estimate of drug-likeness (QED) is 0.795. The van der Waals surface area contributed by atoms with Crippen molar-refractivity contribution in [2.75, 3.05) is 41.8 Å². The van der Waals surface area contributed by atoms with Crippen molar-refractivity contribution in [2.24, 2.45) is 0 Å². The number of amides is 1. The van der Waals surface area contributed by atoms with Crippen LogP contribution in [0.2, 0.25) is 0 Å². The summed E-state index contributed by atoms with van der Waals surface area (Å²) >= 11 is 0. The Balaban J connectivity index is 1.30. The minimum Gasteiger partial charge on any atom is -0.381 e. The predicted molar refractivity (Wildman–Crippen MR) is 112 cm³/mol. The van der Waals surface area contributed by atoms with Gasteiger partial charge in [-0.2, -0.15) is 0 Å². The molecule has 6 nitrogen and oxygen atoms in total. The number of nitrogens with zero attached hydrogens (tertiary/aromatic N) is 2. The normalized spacial score (nSPS) is 19.4. The fraction of sp³-hybridized carbons (Fsp3) is 0.455. The highest BCUT2D eigenvalue weighted by Crippen LogP contribution is 2.22. The molecule has 4 rings (SSSR count). The third-order valence-corrected chi connectivity index (χ3v) is 5.40. The van der Waals surface area contributed by atoms with Crippen LogP contribution >= 0.6 is 0 Å². The second-order valence-corrected chi connectivity index (χ2v) is 7.50. The zero-order valence-corrected chi connectivity index (χ0v) is 16.2. The second-order valence-electron chi connectivity index (χ2n) is 7.50. The molecule has 1 amide bonds. The Morgan fingerprint density at radius 1 is 1.04 bits per heavy atom. The van der Waals surface area contributed by atoms with Gasteiger partial charge in [-0.05, 0) is 68.5 Å². The second kappa shape index (κ2) is 9.06. The Hall–Kier alpha value is -2.60. The van der Waals surface area contributed by atoms with E-state index < -0.39 is 0 Å². The van der Waals surface area contributed by atoms with Crippen LogP contribution in [0.15, 0.2) is 42.6 Å². The average Bonchev–Trinajstić information content (AvgIpc) is 3.27. The molecule has 2 aromatic rings. The van der Waals surface area contributed by atoms with E-state index in [9.17, 15) is 4.79 Å². The molecule has 1 atom stereocenters. The third-order valence-electron chi connectivity index (χ3n) is 5.40. The first-order valence-electron chi connectivity index (χ1n) is 10.3. The van der Waals surface area contributed by atoms with Gasteiger partial charge in [0.25, 0.3) is 5.91 Å². The van der Waals surface area contributed by atoms with Crippen molar-refractivity contribution >= 4 is 23.0 Å². The Kier molecular flexibility index (Phi) is 6.07. The van der Waals surface area contributed by atoms with Crippen LogP contribution in [0.25, 0.3) is 0 Å². The summed E-state index contributed by atoms with van der Waals surface area (Å²) in [7, 11) is 0. The monoisotopic (exact) mass is 380 g/mol. The van der Waals surface area contributed by atoms with Gasteiger partial charge in [0.05, 0.1) is 18.0 Å². The molecule has 6 heteroatoms. The molecule has 1 unspecified atom stereocenters. The largest absolute Gasteiger partial charge is 0.381 e. The first-order valence-corrected chi connectivity index (χ1v) is 10.3. The number of benzene rings is 1. The lowest BCUT2D eigenvalue weighted by atomic mass is 10.1. The first kappa shape index (κ1) is 18.7. The summed E-state index contributed by atoms with van der Waals surface area (Å²) in [5.41, 5.74) is 3.31. The number of hydrogen-bond acceptors (Lipinski definition) is 5. The number of carbonyl (C=O) groups excluding carboxylic acids is 1. The summed E-state index contributed by atoms with van der Waals surface area (Å²) in [5.74, 6) is -0.198. The molecular formula is C22H28N4O2. The van der Waals surface area contributed by atoms with Crippen molar-refractivity contribution in [1.82, 2.24) is 4.98 Å².